The number of thioether (sulfide) groups is 1. The van der Waals surface area contributed by atoms with Crippen LogP contribution in [0.3, 0.4) is 0 Å². The maximum atomic E-state index is 6.09. The van der Waals surface area contributed by atoms with Crippen LogP contribution in [-0.4, -0.2) is 29.8 Å². The first kappa shape index (κ1) is 16.4. The van der Waals surface area contributed by atoms with Crippen molar-refractivity contribution in [3.8, 4) is 5.69 Å². The number of nitrogens with zero attached hydrogens (tertiary/aromatic N) is 6. The van der Waals surface area contributed by atoms with Crippen LogP contribution in [0, 0.1) is 0 Å². The van der Waals surface area contributed by atoms with E-state index in [-0.39, 0.29) is 0 Å². The molecule has 0 aliphatic heterocycles. The second-order valence-corrected chi connectivity index (χ2v) is 7.09. The Morgan fingerprint density at radius 2 is 1.92 bits per heavy atom. The molecule has 0 atom stereocenters. The summed E-state index contributed by atoms with van der Waals surface area (Å²) >= 11 is 13.6. The fourth-order valence-electron chi connectivity index (χ4n) is 2.49. The number of hydrogen-bond donors (Lipinski definition) is 0. The molecule has 2 aromatic carbocycles. The Kier molecular flexibility index (Phi) is 4.37. The first-order valence-electron chi connectivity index (χ1n) is 7.40. The van der Waals surface area contributed by atoms with Gasteiger partial charge in [0.1, 0.15) is 0 Å². The Hall–Kier alpha value is -2.09. The smallest absolute Gasteiger partial charge is 0.169 e. The summed E-state index contributed by atoms with van der Waals surface area (Å²) in [7, 11) is 2.00. The number of aromatic nitrogens is 6. The van der Waals surface area contributed by atoms with Gasteiger partial charge in [-0.15, -0.1) is 5.10 Å². The third kappa shape index (κ3) is 3.10. The minimum atomic E-state index is 0.462. The molecule has 0 saturated carbocycles. The van der Waals surface area contributed by atoms with Crippen LogP contribution in [0.4, 0.5) is 0 Å². The summed E-state index contributed by atoms with van der Waals surface area (Å²) in [5.41, 5.74) is 2.82. The quantitative estimate of drug-likeness (QED) is 0.489. The summed E-state index contributed by atoms with van der Waals surface area (Å²) in [6.07, 6.45) is 0. The molecule has 0 aliphatic carbocycles. The second-order valence-electron chi connectivity index (χ2n) is 5.34. The first-order chi connectivity index (χ1) is 12.1. The van der Waals surface area contributed by atoms with Crippen LogP contribution in [0.1, 0.15) is 5.82 Å². The van der Waals surface area contributed by atoms with Crippen molar-refractivity contribution in [3.63, 3.8) is 0 Å². The van der Waals surface area contributed by atoms with E-state index in [2.05, 4.69) is 25.1 Å². The molecule has 0 radical (unpaired) electrons. The summed E-state index contributed by atoms with van der Waals surface area (Å²) in [5, 5.41) is 13.8. The normalized spacial score (nSPS) is 11.3. The standard InChI is InChI=1S/C16H12Cl2N6S/c1-23-14-5-3-2-4-13(14)19-16(23)25-9-15-20-21-22-24(15)10-6-7-11(17)12(18)8-10/h2-8H,9H2,1H3. The fourth-order valence-corrected chi connectivity index (χ4v) is 3.68. The number of halogens is 2. The van der Waals surface area contributed by atoms with Crippen LogP contribution in [0.25, 0.3) is 16.7 Å². The monoisotopic (exact) mass is 390 g/mol. The Morgan fingerprint density at radius 1 is 1.08 bits per heavy atom. The van der Waals surface area contributed by atoms with Crippen molar-refractivity contribution < 1.29 is 0 Å². The van der Waals surface area contributed by atoms with Gasteiger partial charge < -0.3 is 4.57 Å². The number of benzene rings is 2. The van der Waals surface area contributed by atoms with Crippen molar-refractivity contribution in [1.29, 1.82) is 0 Å². The maximum absolute atomic E-state index is 6.09. The van der Waals surface area contributed by atoms with E-state index in [1.807, 2.05) is 37.4 Å². The highest BCUT2D eigenvalue weighted by atomic mass is 35.5. The van der Waals surface area contributed by atoms with Crippen LogP contribution in [0.15, 0.2) is 47.6 Å². The maximum Gasteiger partial charge on any atom is 0.169 e. The summed E-state index contributed by atoms with van der Waals surface area (Å²) in [4.78, 5) is 4.65. The summed E-state index contributed by atoms with van der Waals surface area (Å²) < 4.78 is 3.71. The molecule has 4 rings (SSSR count). The molecule has 25 heavy (non-hydrogen) atoms. The number of aryl methyl sites for hydroxylation is 1. The fraction of sp³-hybridized carbons (Fsp3) is 0.125. The molecule has 0 N–H and O–H groups in total. The van der Waals surface area contributed by atoms with Crippen molar-refractivity contribution in [2.24, 2.45) is 7.05 Å². The summed E-state index contributed by atoms with van der Waals surface area (Å²) in [6.45, 7) is 0. The number of tetrazole rings is 1. The Bertz CT molecular complexity index is 1060. The predicted molar refractivity (Wildman–Crippen MR) is 99.4 cm³/mol. The lowest BCUT2D eigenvalue weighted by molar-refractivity contribution is 0.776. The van der Waals surface area contributed by atoms with Crippen molar-refractivity contribution in [3.05, 3.63) is 58.3 Å². The van der Waals surface area contributed by atoms with E-state index < -0.39 is 0 Å². The number of imidazole rings is 1. The topological polar surface area (TPSA) is 61.4 Å². The van der Waals surface area contributed by atoms with Gasteiger partial charge in [-0.1, -0.05) is 47.1 Å². The Labute approximate surface area is 157 Å². The van der Waals surface area contributed by atoms with Gasteiger partial charge in [-0.25, -0.2) is 4.98 Å². The number of fused-ring (bicyclic) bond motifs is 1. The van der Waals surface area contributed by atoms with Gasteiger partial charge in [-0.3, -0.25) is 0 Å². The lowest BCUT2D eigenvalue weighted by Crippen LogP contribution is -2.02. The molecule has 4 aromatic rings. The molecule has 126 valence electrons. The molecule has 0 bridgehead atoms. The largest absolute Gasteiger partial charge is 0.322 e. The van der Waals surface area contributed by atoms with Gasteiger partial charge in [-0.2, -0.15) is 4.68 Å². The van der Waals surface area contributed by atoms with Crippen molar-refractivity contribution in [2.45, 2.75) is 10.9 Å². The molecular weight excluding hydrogens is 379 g/mol. The summed E-state index contributed by atoms with van der Waals surface area (Å²) in [6, 6.07) is 13.3. The first-order valence-corrected chi connectivity index (χ1v) is 9.14. The molecule has 0 saturated heterocycles. The third-order valence-electron chi connectivity index (χ3n) is 3.76. The van der Waals surface area contributed by atoms with Crippen molar-refractivity contribution in [2.75, 3.05) is 0 Å². The van der Waals surface area contributed by atoms with Gasteiger partial charge in [0.25, 0.3) is 0 Å². The van der Waals surface area contributed by atoms with E-state index in [9.17, 15) is 0 Å². The molecule has 2 aromatic heterocycles. The SMILES string of the molecule is Cn1c(SCc2nnnn2-c2ccc(Cl)c(Cl)c2)nc2ccccc21. The second kappa shape index (κ2) is 6.67. The molecular formula is C16H12Cl2N6S. The van der Waals surface area contributed by atoms with Crippen molar-refractivity contribution in [1.82, 2.24) is 29.8 Å². The van der Waals surface area contributed by atoms with E-state index in [1.165, 1.54) is 0 Å². The molecule has 9 heteroatoms. The van der Waals surface area contributed by atoms with E-state index >= 15 is 0 Å². The molecule has 6 nitrogen and oxygen atoms in total. The molecule has 0 spiro atoms. The highest BCUT2D eigenvalue weighted by Crippen LogP contribution is 2.27. The average molecular weight is 391 g/mol. The van der Waals surface area contributed by atoms with Crippen LogP contribution in [0.5, 0.6) is 0 Å². The Balaban J connectivity index is 1.60. The van der Waals surface area contributed by atoms with Gasteiger partial charge in [0, 0.05) is 7.05 Å². The Morgan fingerprint density at radius 3 is 2.72 bits per heavy atom. The van der Waals surface area contributed by atoms with Gasteiger partial charge in [-0.05, 0) is 40.8 Å². The third-order valence-corrected chi connectivity index (χ3v) is 5.52. The zero-order chi connectivity index (χ0) is 17.4. The molecule has 0 aliphatic rings. The molecule has 0 unspecified atom stereocenters. The van der Waals surface area contributed by atoms with Gasteiger partial charge >= 0.3 is 0 Å². The zero-order valence-corrected chi connectivity index (χ0v) is 15.4. The van der Waals surface area contributed by atoms with E-state index in [1.54, 1.807) is 28.6 Å². The lowest BCUT2D eigenvalue weighted by atomic mass is 10.3. The minimum absolute atomic E-state index is 0.462. The van der Waals surface area contributed by atoms with Gasteiger partial charge in [0.2, 0.25) is 0 Å². The van der Waals surface area contributed by atoms with Gasteiger partial charge in [0.15, 0.2) is 11.0 Å². The van der Waals surface area contributed by atoms with Crippen LogP contribution >= 0.6 is 35.0 Å². The minimum Gasteiger partial charge on any atom is -0.322 e. The highest BCUT2D eigenvalue weighted by Gasteiger charge is 2.13. The lowest BCUT2D eigenvalue weighted by Gasteiger charge is -2.06. The number of rotatable bonds is 4. The van der Waals surface area contributed by atoms with E-state index in [0.717, 1.165) is 21.9 Å². The zero-order valence-electron chi connectivity index (χ0n) is 13.1. The van der Waals surface area contributed by atoms with Crippen LogP contribution in [-0.2, 0) is 12.8 Å². The van der Waals surface area contributed by atoms with Crippen LogP contribution in [0.2, 0.25) is 10.0 Å². The van der Waals surface area contributed by atoms with E-state index in [4.69, 9.17) is 23.2 Å². The number of para-hydroxylation sites is 2. The predicted octanol–water partition coefficient (Wildman–Crippen LogP) is 4.15. The average Bonchev–Trinajstić information content (AvgIpc) is 3.21. The van der Waals surface area contributed by atoms with Gasteiger partial charge in [0.05, 0.1) is 32.5 Å². The highest BCUT2D eigenvalue weighted by molar-refractivity contribution is 7.98. The van der Waals surface area contributed by atoms with E-state index in [0.29, 0.717) is 21.6 Å². The summed E-state index contributed by atoms with van der Waals surface area (Å²) in [5.74, 6) is 1.28. The van der Waals surface area contributed by atoms with Crippen molar-refractivity contribution >= 4 is 46.0 Å². The molecule has 2 heterocycles. The van der Waals surface area contributed by atoms with Crippen LogP contribution < -0.4 is 0 Å². The number of hydrogen-bond acceptors (Lipinski definition) is 5. The molecule has 0 fully saturated rings. The molecule has 0 amide bonds.